The van der Waals surface area contributed by atoms with Gasteiger partial charge < -0.3 is 10.2 Å². The Kier molecular flexibility index (Phi) is 3.55. The van der Waals surface area contributed by atoms with E-state index in [0.29, 0.717) is 5.92 Å². The quantitative estimate of drug-likeness (QED) is 0.861. The van der Waals surface area contributed by atoms with E-state index in [1.54, 1.807) is 0 Å². The number of benzene rings is 1. The lowest BCUT2D eigenvalue weighted by molar-refractivity contribution is 0.334. The van der Waals surface area contributed by atoms with Crippen LogP contribution in [0, 0.1) is 0 Å². The Labute approximate surface area is 105 Å². The first-order valence-electron chi connectivity index (χ1n) is 6.55. The van der Waals surface area contributed by atoms with Gasteiger partial charge in [0.15, 0.2) is 0 Å². The highest BCUT2D eigenvalue weighted by atomic mass is 15.2. The zero-order valence-corrected chi connectivity index (χ0v) is 11.5. The fourth-order valence-electron chi connectivity index (χ4n) is 2.77. The molecule has 1 aliphatic heterocycles. The summed E-state index contributed by atoms with van der Waals surface area (Å²) in [6.45, 7) is 6.76. The molecule has 1 aromatic carbocycles. The summed E-state index contributed by atoms with van der Waals surface area (Å²) in [6.07, 6.45) is 1.20. The van der Waals surface area contributed by atoms with Crippen LogP contribution in [0.5, 0.6) is 0 Å². The van der Waals surface area contributed by atoms with Crippen LogP contribution in [0.25, 0.3) is 0 Å². The smallest absolute Gasteiger partial charge is 0.0573 e. The van der Waals surface area contributed by atoms with E-state index in [4.69, 9.17) is 0 Å². The van der Waals surface area contributed by atoms with Crippen molar-refractivity contribution in [1.82, 2.24) is 10.2 Å². The Hall–Kier alpha value is -0.860. The molecule has 0 spiro atoms. The number of hydrogen-bond donors (Lipinski definition) is 1. The van der Waals surface area contributed by atoms with Crippen LogP contribution < -0.4 is 5.32 Å². The van der Waals surface area contributed by atoms with Gasteiger partial charge in [0, 0.05) is 13.1 Å². The topological polar surface area (TPSA) is 15.3 Å². The highest BCUT2D eigenvalue weighted by Crippen LogP contribution is 2.31. The highest BCUT2D eigenvalue weighted by Gasteiger charge is 2.36. The van der Waals surface area contributed by atoms with E-state index in [1.807, 2.05) is 0 Å². The van der Waals surface area contributed by atoms with Crippen molar-refractivity contribution >= 4 is 0 Å². The second-order valence-electron chi connectivity index (χ2n) is 5.60. The van der Waals surface area contributed by atoms with Gasteiger partial charge in [0.1, 0.15) is 0 Å². The third-order valence-electron chi connectivity index (χ3n) is 4.07. The zero-order valence-electron chi connectivity index (χ0n) is 11.5. The van der Waals surface area contributed by atoms with Gasteiger partial charge in [0.25, 0.3) is 0 Å². The minimum Gasteiger partial charge on any atom is -0.309 e. The Morgan fingerprint density at radius 2 is 1.88 bits per heavy atom. The Morgan fingerprint density at radius 1 is 1.24 bits per heavy atom. The second-order valence-corrected chi connectivity index (χ2v) is 5.60. The summed E-state index contributed by atoms with van der Waals surface area (Å²) in [5, 5.41) is 3.53. The Bertz CT molecular complexity index is 369. The van der Waals surface area contributed by atoms with E-state index in [9.17, 15) is 0 Å². The van der Waals surface area contributed by atoms with Crippen molar-refractivity contribution in [2.24, 2.45) is 0 Å². The fourth-order valence-corrected chi connectivity index (χ4v) is 2.77. The fraction of sp³-hybridized carbons (Fsp3) is 0.600. The molecule has 1 fully saturated rings. The molecule has 1 N–H and O–H groups in total. The zero-order chi connectivity index (χ0) is 12.5. The molecule has 94 valence electrons. The lowest BCUT2D eigenvalue weighted by Crippen LogP contribution is -2.42. The van der Waals surface area contributed by atoms with E-state index in [-0.39, 0.29) is 5.54 Å². The van der Waals surface area contributed by atoms with Gasteiger partial charge in [-0.3, -0.25) is 0 Å². The highest BCUT2D eigenvalue weighted by molar-refractivity contribution is 5.31. The largest absolute Gasteiger partial charge is 0.309 e. The van der Waals surface area contributed by atoms with E-state index in [2.05, 4.69) is 62.4 Å². The van der Waals surface area contributed by atoms with Gasteiger partial charge >= 0.3 is 0 Å². The molecule has 0 aliphatic carbocycles. The maximum atomic E-state index is 3.53. The van der Waals surface area contributed by atoms with E-state index >= 15 is 0 Å². The molecule has 2 heteroatoms. The van der Waals surface area contributed by atoms with Crippen molar-refractivity contribution in [2.45, 2.75) is 31.7 Å². The maximum absolute atomic E-state index is 3.53. The SMILES string of the molecule is CNC1(c2ccc(C(C)C)cc2)CCN(C)C1. The van der Waals surface area contributed by atoms with Crippen LogP contribution in [0.15, 0.2) is 24.3 Å². The molecule has 1 aliphatic rings. The van der Waals surface area contributed by atoms with E-state index < -0.39 is 0 Å². The molecule has 0 bridgehead atoms. The molecule has 1 aromatic rings. The molecule has 0 aromatic heterocycles. The molecule has 1 heterocycles. The molecule has 17 heavy (non-hydrogen) atoms. The van der Waals surface area contributed by atoms with Gasteiger partial charge in [-0.2, -0.15) is 0 Å². The minimum absolute atomic E-state index is 0.157. The predicted octanol–water partition coefficient (Wildman–Crippen LogP) is 2.56. The molecule has 1 atom stereocenters. The Morgan fingerprint density at radius 3 is 2.29 bits per heavy atom. The number of likely N-dealkylation sites (N-methyl/N-ethyl adjacent to an activating group) is 2. The maximum Gasteiger partial charge on any atom is 0.0573 e. The van der Waals surface area contributed by atoms with Crippen molar-refractivity contribution in [3.05, 3.63) is 35.4 Å². The first-order valence-corrected chi connectivity index (χ1v) is 6.55. The Balaban J connectivity index is 2.26. The van der Waals surface area contributed by atoms with Gasteiger partial charge in [0.05, 0.1) is 5.54 Å². The average molecular weight is 232 g/mol. The normalized spacial score (nSPS) is 25.7. The van der Waals surface area contributed by atoms with Crippen molar-refractivity contribution in [1.29, 1.82) is 0 Å². The van der Waals surface area contributed by atoms with Crippen LogP contribution in [0.1, 0.15) is 37.3 Å². The number of nitrogens with zero attached hydrogens (tertiary/aromatic N) is 1. The van der Waals surface area contributed by atoms with Crippen LogP contribution >= 0.6 is 0 Å². The van der Waals surface area contributed by atoms with Gasteiger partial charge in [-0.25, -0.2) is 0 Å². The van der Waals surface area contributed by atoms with Crippen LogP contribution in [-0.2, 0) is 5.54 Å². The van der Waals surface area contributed by atoms with Crippen molar-refractivity contribution in [3.63, 3.8) is 0 Å². The first-order chi connectivity index (χ1) is 8.07. The third-order valence-corrected chi connectivity index (χ3v) is 4.07. The molecule has 2 rings (SSSR count). The van der Waals surface area contributed by atoms with Crippen LogP contribution in [0.4, 0.5) is 0 Å². The standard InChI is InChI=1S/C15H24N2/c1-12(2)13-5-7-14(8-6-13)15(16-3)9-10-17(4)11-15/h5-8,12,16H,9-11H2,1-4H3. The number of hydrogen-bond acceptors (Lipinski definition) is 2. The summed E-state index contributed by atoms with van der Waals surface area (Å²) >= 11 is 0. The summed E-state index contributed by atoms with van der Waals surface area (Å²) in [5.41, 5.74) is 3.00. The molecule has 0 radical (unpaired) electrons. The van der Waals surface area contributed by atoms with Crippen molar-refractivity contribution in [2.75, 3.05) is 27.2 Å². The minimum atomic E-state index is 0.157. The van der Waals surface area contributed by atoms with Crippen LogP contribution in [0.2, 0.25) is 0 Å². The first kappa shape index (κ1) is 12.6. The summed E-state index contributed by atoms with van der Waals surface area (Å²) in [7, 11) is 4.27. The number of likely N-dealkylation sites (tertiary alicyclic amines) is 1. The van der Waals surface area contributed by atoms with Crippen molar-refractivity contribution < 1.29 is 0 Å². The summed E-state index contributed by atoms with van der Waals surface area (Å²) in [4.78, 5) is 2.40. The molecule has 2 nitrogen and oxygen atoms in total. The van der Waals surface area contributed by atoms with Gasteiger partial charge in [-0.1, -0.05) is 38.1 Å². The number of rotatable bonds is 3. The van der Waals surface area contributed by atoms with Gasteiger partial charge in [0.2, 0.25) is 0 Å². The number of nitrogens with one attached hydrogen (secondary N) is 1. The molecule has 1 saturated heterocycles. The van der Waals surface area contributed by atoms with E-state index in [0.717, 1.165) is 6.54 Å². The third kappa shape index (κ3) is 2.38. The molecular formula is C15H24N2. The lowest BCUT2D eigenvalue weighted by atomic mass is 9.87. The average Bonchev–Trinajstić information content (AvgIpc) is 2.72. The van der Waals surface area contributed by atoms with Crippen LogP contribution in [-0.4, -0.2) is 32.1 Å². The van der Waals surface area contributed by atoms with Crippen molar-refractivity contribution in [3.8, 4) is 0 Å². The lowest BCUT2D eigenvalue weighted by Gasteiger charge is -2.29. The van der Waals surface area contributed by atoms with Gasteiger partial charge in [-0.15, -0.1) is 0 Å². The molecule has 0 saturated carbocycles. The summed E-state index contributed by atoms with van der Waals surface area (Å²) < 4.78 is 0. The molecule has 0 amide bonds. The molecular weight excluding hydrogens is 208 g/mol. The van der Waals surface area contributed by atoms with E-state index in [1.165, 1.54) is 24.1 Å². The predicted molar refractivity (Wildman–Crippen MR) is 73.4 cm³/mol. The second kappa shape index (κ2) is 4.79. The molecule has 1 unspecified atom stereocenters. The van der Waals surface area contributed by atoms with Gasteiger partial charge in [-0.05, 0) is 37.6 Å². The summed E-state index contributed by atoms with van der Waals surface area (Å²) in [5.74, 6) is 0.612. The van der Waals surface area contributed by atoms with Crippen LogP contribution in [0.3, 0.4) is 0 Å². The summed E-state index contributed by atoms with van der Waals surface area (Å²) in [6, 6.07) is 9.14. The monoisotopic (exact) mass is 232 g/mol.